The molecule has 4 aliphatic carbocycles. The lowest BCUT2D eigenvalue weighted by Gasteiger charge is -2.48. The van der Waals surface area contributed by atoms with Crippen LogP contribution in [0.15, 0.2) is 77.9 Å². The van der Waals surface area contributed by atoms with Gasteiger partial charge in [-0.2, -0.15) is 0 Å². The predicted molar refractivity (Wildman–Crippen MR) is 151 cm³/mol. The van der Waals surface area contributed by atoms with E-state index >= 15 is 0 Å². The number of ether oxygens (including phenoxy) is 1. The summed E-state index contributed by atoms with van der Waals surface area (Å²) < 4.78 is 6.06. The van der Waals surface area contributed by atoms with Crippen LogP contribution in [-0.2, 0) is 9.53 Å². The van der Waals surface area contributed by atoms with Gasteiger partial charge in [0.25, 0.3) is 0 Å². The number of anilines is 2. The Labute approximate surface area is 234 Å². The van der Waals surface area contributed by atoms with E-state index in [0.29, 0.717) is 17.7 Å². The van der Waals surface area contributed by atoms with Gasteiger partial charge >= 0.3 is 5.97 Å². The quantitative estimate of drug-likeness (QED) is 0.326. The molecule has 7 heteroatoms. The number of esters is 1. The molecule has 0 aromatic heterocycles. The molecule has 4 aliphatic rings. The van der Waals surface area contributed by atoms with Crippen LogP contribution < -0.4 is 5.32 Å². The zero-order valence-corrected chi connectivity index (χ0v) is 23.3. The lowest BCUT2D eigenvalue weighted by atomic mass is 9.59. The smallest absolute Gasteiger partial charge is 0.340 e. The second-order valence-electron chi connectivity index (χ2n) is 12.7. The maximum absolute atomic E-state index is 14.5. The Kier molecular flexibility index (Phi) is 6.15. The minimum atomic E-state index is -2.17. The molecule has 0 saturated heterocycles. The molecule has 8 atom stereocenters. The molecule has 0 heterocycles. The number of ketones is 1. The Balaban J connectivity index is 1.40. The van der Waals surface area contributed by atoms with Crippen LogP contribution >= 0.6 is 0 Å². The monoisotopic (exact) mass is 543 g/mol. The molecule has 2 fully saturated rings. The second kappa shape index (κ2) is 9.13. The van der Waals surface area contributed by atoms with E-state index in [1.54, 1.807) is 43.3 Å². The molecule has 0 radical (unpaired) electrons. The van der Waals surface area contributed by atoms with E-state index in [2.05, 4.69) is 19.2 Å². The summed E-state index contributed by atoms with van der Waals surface area (Å²) in [4.78, 5) is 28.2. The van der Waals surface area contributed by atoms with Gasteiger partial charge in [0.2, 0.25) is 0 Å². The van der Waals surface area contributed by atoms with Gasteiger partial charge in [0, 0.05) is 11.6 Å². The molecule has 2 saturated carbocycles. The van der Waals surface area contributed by atoms with Gasteiger partial charge in [-0.05, 0) is 71.9 Å². The average Bonchev–Trinajstić information content (AvgIpc) is 3.43. The number of allylic oxidation sites excluding steroid dienone is 1. The Morgan fingerprint density at radius 2 is 1.77 bits per heavy atom. The van der Waals surface area contributed by atoms with Crippen LogP contribution in [0, 0.1) is 34.5 Å². The third kappa shape index (κ3) is 3.54. The minimum absolute atomic E-state index is 0.0562. The highest BCUT2D eigenvalue weighted by atomic mass is 16.6. The third-order valence-electron chi connectivity index (χ3n) is 10.3. The van der Waals surface area contributed by atoms with Gasteiger partial charge in [-0.1, -0.05) is 63.3 Å². The third-order valence-corrected chi connectivity index (χ3v) is 10.3. The summed E-state index contributed by atoms with van der Waals surface area (Å²) in [7, 11) is 0. The van der Waals surface area contributed by atoms with E-state index < -0.39 is 41.7 Å². The number of para-hydroxylation sites is 2. The van der Waals surface area contributed by atoms with Crippen LogP contribution in [0.5, 0.6) is 0 Å². The van der Waals surface area contributed by atoms with E-state index in [1.807, 2.05) is 37.3 Å². The average molecular weight is 544 g/mol. The summed E-state index contributed by atoms with van der Waals surface area (Å²) >= 11 is 0. The van der Waals surface area contributed by atoms with Gasteiger partial charge < -0.3 is 25.4 Å². The van der Waals surface area contributed by atoms with Crippen molar-refractivity contribution in [2.45, 2.75) is 51.9 Å². The van der Waals surface area contributed by atoms with Crippen LogP contribution in [0.4, 0.5) is 11.4 Å². The molecule has 7 nitrogen and oxygen atoms in total. The number of nitrogens with one attached hydrogen (secondary N) is 1. The van der Waals surface area contributed by atoms with Crippen LogP contribution in [0.1, 0.15) is 44.5 Å². The normalized spacial score (nSPS) is 37.2. The first-order chi connectivity index (χ1) is 19.0. The number of aliphatic hydroxyl groups is 3. The lowest BCUT2D eigenvalue weighted by molar-refractivity contribution is -0.190. The zero-order valence-electron chi connectivity index (χ0n) is 23.3. The SMILES string of the molecule is CC1=C[C@]23C(=O)[C@@H](C=C(CO)[C@@H](O)[C@]2(O)[C@H]1OC(=O)c1ccccc1Nc1ccccc1)C1[C@@H](C[C@H]3C)C1(C)C. The molecule has 2 bridgehead atoms. The topological polar surface area (TPSA) is 116 Å². The van der Waals surface area contributed by atoms with Gasteiger partial charge in [0.05, 0.1) is 23.3 Å². The molecule has 1 unspecified atom stereocenters. The van der Waals surface area contributed by atoms with Crippen LogP contribution in [0.2, 0.25) is 0 Å². The highest BCUT2D eigenvalue weighted by molar-refractivity contribution is 5.98. The van der Waals surface area contributed by atoms with Gasteiger partial charge in [0.1, 0.15) is 6.10 Å². The maximum Gasteiger partial charge on any atom is 0.340 e. The van der Waals surface area contributed by atoms with Crippen LogP contribution in [0.3, 0.4) is 0 Å². The molecule has 210 valence electrons. The van der Waals surface area contributed by atoms with Crippen molar-refractivity contribution >= 4 is 23.1 Å². The molecule has 40 heavy (non-hydrogen) atoms. The number of carbonyl (C=O) groups excluding carboxylic acids is 2. The van der Waals surface area contributed by atoms with Crippen molar-refractivity contribution in [2.24, 2.45) is 34.5 Å². The number of fused-ring (bicyclic) bond motifs is 3. The van der Waals surface area contributed by atoms with E-state index in [9.17, 15) is 24.9 Å². The first-order valence-corrected chi connectivity index (χ1v) is 14.1. The van der Waals surface area contributed by atoms with Crippen molar-refractivity contribution in [3.63, 3.8) is 0 Å². The Morgan fingerprint density at radius 3 is 2.48 bits per heavy atom. The second-order valence-corrected chi connectivity index (χ2v) is 12.7. The summed E-state index contributed by atoms with van der Waals surface area (Å²) in [5, 5.41) is 37.9. The molecule has 0 aliphatic heterocycles. The highest BCUT2D eigenvalue weighted by Gasteiger charge is 2.76. The molecule has 2 aromatic rings. The summed E-state index contributed by atoms with van der Waals surface area (Å²) in [5.41, 5.74) is -1.42. The molecular formula is C33H37NO6. The van der Waals surface area contributed by atoms with Crippen molar-refractivity contribution in [2.75, 3.05) is 11.9 Å². The fraction of sp³-hybridized carbons (Fsp3) is 0.455. The van der Waals surface area contributed by atoms with E-state index in [1.165, 1.54) is 0 Å². The summed E-state index contributed by atoms with van der Waals surface area (Å²) in [5.74, 6) is -1.40. The number of benzene rings is 2. The highest BCUT2D eigenvalue weighted by Crippen LogP contribution is 2.71. The number of aliphatic hydroxyl groups excluding tert-OH is 2. The van der Waals surface area contributed by atoms with Crippen molar-refractivity contribution < 1.29 is 29.6 Å². The summed E-state index contributed by atoms with van der Waals surface area (Å²) in [6.07, 6.45) is 1.23. The van der Waals surface area contributed by atoms with Gasteiger partial charge in [-0.15, -0.1) is 0 Å². The van der Waals surface area contributed by atoms with Gasteiger partial charge in [-0.3, -0.25) is 4.79 Å². The first-order valence-electron chi connectivity index (χ1n) is 14.1. The number of Topliss-reactive ketones (excluding diaryl/α,β-unsaturated/α-hetero) is 1. The number of rotatable bonds is 5. The maximum atomic E-state index is 14.5. The summed E-state index contributed by atoms with van der Waals surface area (Å²) in [6, 6.07) is 16.3. The Bertz CT molecular complexity index is 1430. The van der Waals surface area contributed by atoms with Crippen molar-refractivity contribution in [3.05, 3.63) is 83.5 Å². The number of hydrogen-bond donors (Lipinski definition) is 4. The molecule has 4 N–H and O–H groups in total. The lowest BCUT2D eigenvalue weighted by Crippen LogP contribution is -2.65. The van der Waals surface area contributed by atoms with E-state index in [0.717, 1.165) is 5.69 Å². The van der Waals surface area contributed by atoms with E-state index in [4.69, 9.17) is 4.74 Å². The molecular weight excluding hydrogens is 506 g/mol. The number of hydrogen-bond acceptors (Lipinski definition) is 7. The summed E-state index contributed by atoms with van der Waals surface area (Å²) in [6.45, 7) is 7.47. The molecule has 2 aromatic carbocycles. The zero-order chi connectivity index (χ0) is 28.6. The van der Waals surface area contributed by atoms with Crippen LogP contribution in [0.25, 0.3) is 0 Å². The van der Waals surface area contributed by atoms with Crippen molar-refractivity contribution in [3.8, 4) is 0 Å². The fourth-order valence-electron chi connectivity index (χ4n) is 8.21. The Morgan fingerprint density at radius 1 is 1.10 bits per heavy atom. The van der Waals surface area contributed by atoms with Gasteiger partial charge in [-0.25, -0.2) is 4.79 Å². The Hall–Kier alpha value is -3.26. The van der Waals surface area contributed by atoms with Gasteiger partial charge in [0.15, 0.2) is 17.5 Å². The number of carbonyl (C=O) groups is 2. The molecule has 1 spiro atoms. The molecule has 0 amide bonds. The largest absolute Gasteiger partial charge is 0.451 e. The van der Waals surface area contributed by atoms with E-state index in [-0.39, 0.29) is 40.1 Å². The first kappa shape index (κ1) is 26.9. The molecule has 6 rings (SSSR count). The predicted octanol–water partition coefficient (Wildman–Crippen LogP) is 4.42. The standard InChI is InChI=1S/C33H37NO6/c1-18-16-32-19(2)14-24-26(31(24,3)4)23(28(32)37)15-20(17-35)27(36)33(32,39)29(18)40-30(38)22-12-8-9-13-25(22)34-21-10-6-5-7-11-21/h5-13,15-16,19,23-24,26-27,29,34-36,39H,14,17H2,1-4H3/t19-,23+,24-,26?,27-,29+,32+,33+/m1/s1. The fourth-order valence-corrected chi connectivity index (χ4v) is 8.21. The van der Waals surface area contributed by atoms with Crippen molar-refractivity contribution in [1.82, 2.24) is 0 Å². The minimum Gasteiger partial charge on any atom is -0.451 e. The van der Waals surface area contributed by atoms with Crippen LogP contribution in [-0.4, -0.2) is 51.5 Å². The van der Waals surface area contributed by atoms with Crippen molar-refractivity contribution in [1.29, 1.82) is 0 Å².